The highest BCUT2D eigenvalue weighted by Gasteiger charge is 2.20. The summed E-state index contributed by atoms with van der Waals surface area (Å²) in [5.74, 6) is 0.448. The molecule has 0 unspecified atom stereocenters. The maximum atomic E-state index is 13.1. The summed E-state index contributed by atoms with van der Waals surface area (Å²) in [6.07, 6.45) is 0. The number of amides is 1. The second-order valence-corrected chi connectivity index (χ2v) is 8.03. The topological polar surface area (TPSA) is 59.8 Å². The molecular weight excluding hydrogens is 384 g/mol. The molecule has 3 aromatic carbocycles. The highest BCUT2D eigenvalue weighted by molar-refractivity contribution is 6.02. The van der Waals surface area contributed by atoms with E-state index in [1.165, 1.54) is 0 Å². The molecule has 156 valence electrons. The molecule has 1 N–H and O–H groups in total. The lowest BCUT2D eigenvalue weighted by Gasteiger charge is -2.11. The van der Waals surface area contributed by atoms with E-state index in [4.69, 9.17) is 0 Å². The van der Waals surface area contributed by atoms with Gasteiger partial charge in [-0.25, -0.2) is 9.67 Å². The molecule has 0 aliphatic heterocycles. The second-order valence-electron chi connectivity index (χ2n) is 8.03. The Hall–Kier alpha value is -3.73. The molecule has 31 heavy (non-hydrogen) atoms. The number of nitrogens with zero attached hydrogens (tertiary/aromatic N) is 3. The van der Waals surface area contributed by atoms with Crippen LogP contribution < -0.4 is 5.32 Å². The van der Waals surface area contributed by atoms with Gasteiger partial charge in [0.05, 0.1) is 5.69 Å². The lowest BCUT2D eigenvalue weighted by atomic mass is 10.1. The number of anilines is 1. The molecule has 1 amide bonds. The minimum atomic E-state index is -0.328. The molecule has 1 aromatic heterocycles. The van der Waals surface area contributed by atoms with Gasteiger partial charge in [0.1, 0.15) is 0 Å². The van der Waals surface area contributed by atoms with Crippen LogP contribution >= 0.6 is 0 Å². The number of hydrogen-bond donors (Lipinski definition) is 1. The Bertz CT molecular complexity index is 1270. The zero-order valence-electron chi connectivity index (χ0n) is 18.5. The van der Waals surface area contributed by atoms with Gasteiger partial charge < -0.3 is 5.32 Å². The molecule has 4 rings (SSSR count). The molecule has 4 aromatic rings. The number of benzene rings is 3. The van der Waals surface area contributed by atoms with Crippen LogP contribution in [0.2, 0.25) is 0 Å². The van der Waals surface area contributed by atoms with Gasteiger partial charge in [0.25, 0.3) is 5.91 Å². The van der Waals surface area contributed by atoms with E-state index in [1.807, 2.05) is 75.4 Å². The van der Waals surface area contributed by atoms with Crippen LogP contribution in [0, 0.1) is 34.6 Å². The Morgan fingerprint density at radius 2 is 1.55 bits per heavy atom. The SMILES string of the molecule is Cc1ccc(-c2nc(C(=O)Nc3cc(C)ccc3C)nn2-c2cccc(C)c2C)cc1. The van der Waals surface area contributed by atoms with Gasteiger partial charge in [-0.3, -0.25) is 4.79 Å². The van der Waals surface area contributed by atoms with Gasteiger partial charge in [-0.1, -0.05) is 54.1 Å². The molecule has 5 heteroatoms. The van der Waals surface area contributed by atoms with E-state index in [0.717, 1.165) is 44.8 Å². The van der Waals surface area contributed by atoms with Crippen molar-refractivity contribution in [3.8, 4) is 17.1 Å². The van der Waals surface area contributed by atoms with Crippen molar-refractivity contribution in [2.45, 2.75) is 34.6 Å². The van der Waals surface area contributed by atoms with E-state index < -0.39 is 0 Å². The number of carbonyl (C=O) groups is 1. The molecule has 1 heterocycles. The van der Waals surface area contributed by atoms with Crippen LogP contribution in [0.1, 0.15) is 38.4 Å². The van der Waals surface area contributed by atoms with Gasteiger partial charge in [-0.05, 0) is 69.0 Å². The predicted molar refractivity (Wildman–Crippen MR) is 125 cm³/mol. The molecule has 0 atom stereocenters. The van der Waals surface area contributed by atoms with E-state index in [9.17, 15) is 4.79 Å². The summed E-state index contributed by atoms with van der Waals surface area (Å²) in [4.78, 5) is 17.7. The smallest absolute Gasteiger partial charge is 0.295 e. The molecule has 0 fully saturated rings. The Morgan fingerprint density at radius 1 is 0.839 bits per heavy atom. The first-order valence-electron chi connectivity index (χ1n) is 10.3. The normalized spacial score (nSPS) is 10.9. The molecule has 5 nitrogen and oxygen atoms in total. The van der Waals surface area contributed by atoms with Crippen LogP contribution in [-0.2, 0) is 0 Å². The van der Waals surface area contributed by atoms with Crippen molar-refractivity contribution in [1.82, 2.24) is 14.8 Å². The maximum absolute atomic E-state index is 13.1. The summed E-state index contributed by atoms with van der Waals surface area (Å²) in [6, 6.07) is 20.1. The van der Waals surface area contributed by atoms with E-state index in [-0.39, 0.29) is 11.7 Å². The maximum Gasteiger partial charge on any atom is 0.295 e. The molecule has 0 bridgehead atoms. The molecule has 0 aliphatic rings. The van der Waals surface area contributed by atoms with Crippen LogP contribution in [-0.4, -0.2) is 20.7 Å². The van der Waals surface area contributed by atoms with Gasteiger partial charge in [0, 0.05) is 11.3 Å². The minimum absolute atomic E-state index is 0.136. The number of rotatable bonds is 4. The summed E-state index contributed by atoms with van der Waals surface area (Å²) in [7, 11) is 0. The van der Waals surface area contributed by atoms with Gasteiger partial charge in [0.15, 0.2) is 5.82 Å². The molecule has 0 saturated carbocycles. The first-order valence-corrected chi connectivity index (χ1v) is 10.3. The highest BCUT2D eigenvalue weighted by atomic mass is 16.2. The van der Waals surface area contributed by atoms with Gasteiger partial charge in [-0.2, -0.15) is 0 Å². The highest BCUT2D eigenvalue weighted by Crippen LogP contribution is 2.25. The van der Waals surface area contributed by atoms with Crippen molar-refractivity contribution in [3.05, 3.63) is 94.3 Å². The Balaban J connectivity index is 1.81. The monoisotopic (exact) mass is 410 g/mol. The summed E-state index contributed by atoms with van der Waals surface area (Å²) in [5, 5.41) is 7.59. The third kappa shape index (κ3) is 4.12. The molecule has 0 radical (unpaired) electrons. The molecule has 0 spiro atoms. The largest absolute Gasteiger partial charge is 0.319 e. The van der Waals surface area contributed by atoms with Crippen LogP contribution in [0.5, 0.6) is 0 Å². The van der Waals surface area contributed by atoms with E-state index in [0.29, 0.717) is 5.82 Å². The van der Waals surface area contributed by atoms with Crippen molar-refractivity contribution < 1.29 is 4.79 Å². The zero-order valence-corrected chi connectivity index (χ0v) is 18.5. The quantitative estimate of drug-likeness (QED) is 0.467. The fraction of sp³-hybridized carbons (Fsp3) is 0.192. The third-order valence-electron chi connectivity index (χ3n) is 5.57. The Labute approximate surface area is 182 Å². The average molecular weight is 411 g/mol. The van der Waals surface area contributed by atoms with Crippen LogP contribution in [0.3, 0.4) is 0 Å². The molecular formula is C26H26N4O. The number of hydrogen-bond acceptors (Lipinski definition) is 3. The average Bonchev–Trinajstić information content (AvgIpc) is 3.18. The molecule has 0 saturated heterocycles. The zero-order chi connectivity index (χ0) is 22.1. The van der Waals surface area contributed by atoms with Crippen molar-refractivity contribution in [2.24, 2.45) is 0 Å². The van der Waals surface area contributed by atoms with Gasteiger partial charge >= 0.3 is 0 Å². The first-order chi connectivity index (χ1) is 14.8. The molecule has 0 aliphatic carbocycles. The van der Waals surface area contributed by atoms with Gasteiger partial charge in [0.2, 0.25) is 5.82 Å². The fourth-order valence-electron chi connectivity index (χ4n) is 3.48. The number of aryl methyl sites for hydroxylation is 4. The summed E-state index contributed by atoms with van der Waals surface area (Å²) in [5.41, 5.74) is 8.08. The van der Waals surface area contributed by atoms with E-state index >= 15 is 0 Å². The van der Waals surface area contributed by atoms with Crippen molar-refractivity contribution in [1.29, 1.82) is 0 Å². The number of carbonyl (C=O) groups excluding carboxylic acids is 1. The minimum Gasteiger partial charge on any atom is -0.319 e. The summed E-state index contributed by atoms with van der Waals surface area (Å²) in [6.45, 7) is 10.1. The third-order valence-corrected chi connectivity index (χ3v) is 5.57. The van der Waals surface area contributed by atoms with Crippen LogP contribution in [0.4, 0.5) is 5.69 Å². The van der Waals surface area contributed by atoms with Crippen molar-refractivity contribution in [2.75, 3.05) is 5.32 Å². The fourth-order valence-corrected chi connectivity index (χ4v) is 3.48. The first kappa shape index (κ1) is 20.5. The number of aromatic nitrogens is 3. The second kappa shape index (κ2) is 8.19. The summed E-state index contributed by atoms with van der Waals surface area (Å²) < 4.78 is 1.77. The van der Waals surface area contributed by atoms with Crippen molar-refractivity contribution in [3.63, 3.8) is 0 Å². The standard InChI is InChI=1S/C26H26N4O/c1-16-10-13-21(14-11-16)25-28-24(26(31)27-22-15-17(2)9-12-19(22)4)29-30(25)23-8-6-7-18(3)20(23)5/h6-15H,1-5H3,(H,27,31). The lowest BCUT2D eigenvalue weighted by Crippen LogP contribution is -2.15. The number of nitrogens with one attached hydrogen (secondary N) is 1. The van der Waals surface area contributed by atoms with Crippen LogP contribution in [0.25, 0.3) is 17.1 Å². The van der Waals surface area contributed by atoms with E-state index in [2.05, 4.69) is 35.3 Å². The Morgan fingerprint density at radius 3 is 2.29 bits per heavy atom. The van der Waals surface area contributed by atoms with Crippen molar-refractivity contribution >= 4 is 11.6 Å². The predicted octanol–water partition coefficient (Wildman–Crippen LogP) is 5.73. The van der Waals surface area contributed by atoms with Crippen LogP contribution in [0.15, 0.2) is 60.7 Å². The van der Waals surface area contributed by atoms with Gasteiger partial charge in [-0.15, -0.1) is 5.10 Å². The summed E-state index contributed by atoms with van der Waals surface area (Å²) >= 11 is 0. The Kier molecular flexibility index (Phi) is 5.42. The van der Waals surface area contributed by atoms with E-state index in [1.54, 1.807) is 4.68 Å². The lowest BCUT2D eigenvalue weighted by molar-refractivity contribution is 0.101.